The van der Waals surface area contributed by atoms with Gasteiger partial charge < -0.3 is 14.4 Å². The van der Waals surface area contributed by atoms with Crippen LogP contribution in [0, 0.1) is 5.82 Å². The highest BCUT2D eigenvalue weighted by Crippen LogP contribution is 2.46. The molecule has 0 spiro atoms. The first-order chi connectivity index (χ1) is 14.6. The number of amides is 1. The van der Waals surface area contributed by atoms with Crippen LogP contribution in [0.1, 0.15) is 50.8 Å². The fraction of sp³-hybridized carbons (Fsp3) is 0.400. The molecule has 1 amide bonds. The normalized spacial score (nSPS) is 20.7. The van der Waals surface area contributed by atoms with Crippen molar-refractivity contribution in [2.45, 2.75) is 51.7 Å². The van der Waals surface area contributed by atoms with Crippen LogP contribution in [0.2, 0.25) is 5.02 Å². The summed E-state index contributed by atoms with van der Waals surface area (Å²) in [7, 11) is 0. The number of halogens is 2. The van der Waals surface area contributed by atoms with E-state index < -0.39 is 11.2 Å². The van der Waals surface area contributed by atoms with Gasteiger partial charge in [0.15, 0.2) is 0 Å². The van der Waals surface area contributed by atoms with Crippen molar-refractivity contribution in [3.05, 3.63) is 70.0 Å². The van der Waals surface area contributed by atoms with Gasteiger partial charge in [-0.15, -0.1) is 0 Å². The first kappa shape index (κ1) is 21.7. The van der Waals surface area contributed by atoms with Crippen LogP contribution in [0.25, 0.3) is 5.57 Å². The molecule has 0 saturated carbocycles. The first-order valence-electron chi connectivity index (χ1n) is 10.5. The van der Waals surface area contributed by atoms with E-state index in [1.165, 1.54) is 6.07 Å². The molecular formula is C25H27ClFNO3. The summed E-state index contributed by atoms with van der Waals surface area (Å²) in [5.41, 5.74) is 2.34. The maximum Gasteiger partial charge on any atom is 0.410 e. The monoisotopic (exact) mass is 443 g/mol. The van der Waals surface area contributed by atoms with Crippen LogP contribution < -0.4 is 4.74 Å². The summed E-state index contributed by atoms with van der Waals surface area (Å²) in [5, 5.41) is 0.364. The van der Waals surface area contributed by atoms with E-state index in [4.69, 9.17) is 21.1 Å². The number of hydrogen-bond donors (Lipinski definition) is 0. The molecule has 164 valence electrons. The summed E-state index contributed by atoms with van der Waals surface area (Å²) in [6, 6.07) is 10.8. The van der Waals surface area contributed by atoms with Gasteiger partial charge >= 0.3 is 6.09 Å². The molecule has 0 unspecified atom stereocenters. The number of hydrogen-bond acceptors (Lipinski definition) is 3. The van der Waals surface area contributed by atoms with Crippen molar-refractivity contribution >= 4 is 23.3 Å². The van der Waals surface area contributed by atoms with Gasteiger partial charge in [0, 0.05) is 35.7 Å². The average Bonchev–Trinajstić information content (AvgIpc) is 3.03. The van der Waals surface area contributed by atoms with Crippen molar-refractivity contribution in [1.29, 1.82) is 0 Å². The molecule has 2 aliphatic heterocycles. The van der Waals surface area contributed by atoms with Crippen molar-refractivity contribution in [2.24, 2.45) is 0 Å². The molecule has 0 radical (unpaired) electrons. The van der Waals surface area contributed by atoms with E-state index in [1.54, 1.807) is 17.0 Å². The Hall–Kier alpha value is -2.53. The molecular weight excluding hydrogens is 417 g/mol. The van der Waals surface area contributed by atoms with Crippen LogP contribution in [0.15, 0.2) is 42.5 Å². The average molecular weight is 444 g/mol. The molecule has 2 aromatic rings. The lowest BCUT2D eigenvalue weighted by molar-refractivity contribution is 0.0270. The quantitative estimate of drug-likeness (QED) is 0.542. The summed E-state index contributed by atoms with van der Waals surface area (Å²) in [5.74, 6) is 0.422. The minimum Gasteiger partial charge on any atom is -0.481 e. The largest absolute Gasteiger partial charge is 0.481 e. The van der Waals surface area contributed by atoms with Crippen LogP contribution in [-0.2, 0) is 16.8 Å². The highest BCUT2D eigenvalue weighted by molar-refractivity contribution is 6.30. The Morgan fingerprint density at radius 2 is 2.03 bits per heavy atom. The second-order valence-electron chi connectivity index (χ2n) is 9.33. The summed E-state index contributed by atoms with van der Waals surface area (Å²) >= 11 is 5.93. The molecule has 1 atom stereocenters. The highest BCUT2D eigenvalue weighted by Gasteiger charge is 2.40. The van der Waals surface area contributed by atoms with Gasteiger partial charge in [-0.2, -0.15) is 0 Å². The van der Waals surface area contributed by atoms with E-state index in [0.29, 0.717) is 36.5 Å². The number of para-hydroxylation sites is 1. The molecule has 6 heteroatoms. The maximum absolute atomic E-state index is 14.6. The second-order valence-corrected chi connectivity index (χ2v) is 9.77. The smallest absolute Gasteiger partial charge is 0.410 e. The molecule has 2 heterocycles. The standard InChI is InChI=1S/C25H27ClFNO3/c1-24(2,3)31-23(29)28-12-10-16(11-13-28)19-7-5-6-17-15-25(4,30-22(17)19)20-9-8-18(26)14-21(20)27/h5-10,14H,11-13,15H2,1-4H3/t25-/m0/s1. The third kappa shape index (κ3) is 4.42. The van der Waals surface area contributed by atoms with E-state index in [1.807, 2.05) is 52.0 Å². The molecule has 0 aromatic heterocycles. The Balaban J connectivity index is 1.57. The van der Waals surface area contributed by atoms with Gasteiger partial charge in [-0.3, -0.25) is 0 Å². The molecule has 0 saturated heterocycles. The van der Waals surface area contributed by atoms with Gasteiger partial charge in [-0.25, -0.2) is 9.18 Å². The topological polar surface area (TPSA) is 38.8 Å². The zero-order valence-corrected chi connectivity index (χ0v) is 19.1. The zero-order valence-electron chi connectivity index (χ0n) is 18.3. The molecule has 0 N–H and O–H groups in total. The van der Waals surface area contributed by atoms with Crippen LogP contribution in [0.3, 0.4) is 0 Å². The maximum atomic E-state index is 14.6. The Morgan fingerprint density at radius 3 is 2.68 bits per heavy atom. The van der Waals surface area contributed by atoms with Crippen molar-refractivity contribution in [1.82, 2.24) is 4.90 Å². The Bertz CT molecular complexity index is 1060. The minimum absolute atomic E-state index is 0.303. The predicted octanol–water partition coefficient (Wildman–Crippen LogP) is 6.35. The SMILES string of the molecule is CC(C)(C)OC(=O)N1CC=C(c2cccc3c2O[C@](C)(c2ccc(Cl)cc2F)C3)CC1. The number of benzene rings is 2. The van der Waals surface area contributed by atoms with Gasteiger partial charge in [0.05, 0.1) is 0 Å². The summed E-state index contributed by atoms with van der Waals surface area (Å²) in [6.07, 6.45) is 3.02. The zero-order chi connectivity index (χ0) is 22.4. The number of fused-ring (bicyclic) bond motifs is 1. The summed E-state index contributed by atoms with van der Waals surface area (Å²) in [6.45, 7) is 8.55. The number of nitrogens with zero attached hydrogens (tertiary/aromatic N) is 1. The lowest BCUT2D eigenvalue weighted by atomic mass is 9.90. The van der Waals surface area contributed by atoms with Crippen molar-refractivity contribution in [3.63, 3.8) is 0 Å². The van der Waals surface area contributed by atoms with Crippen LogP contribution >= 0.6 is 11.6 Å². The number of carbonyl (C=O) groups is 1. The number of ether oxygens (including phenoxy) is 2. The number of rotatable bonds is 2. The Labute approximate surface area is 187 Å². The lowest BCUT2D eigenvalue weighted by Gasteiger charge is -2.30. The molecule has 0 fully saturated rings. The van der Waals surface area contributed by atoms with E-state index in [0.717, 1.165) is 22.4 Å². The summed E-state index contributed by atoms with van der Waals surface area (Å²) in [4.78, 5) is 14.0. The van der Waals surface area contributed by atoms with Crippen LogP contribution in [0.5, 0.6) is 5.75 Å². The fourth-order valence-corrected chi connectivity index (χ4v) is 4.36. The van der Waals surface area contributed by atoms with Gasteiger partial charge in [0.2, 0.25) is 0 Å². The van der Waals surface area contributed by atoms with Crippen molar-refractivity contribution < 1.29 is 18.7 Å². The van der Waals surface area contributed by atoms with Gasteiger partial charge in [-0.1, -0.05) is 41.9 Å². The second kappa shape index (κ2) is 7.86. The molecule has 2 aliphatic rings. The van der Waals surface area contributed by atoms with Crippen molar-refractivity contribution in [3.8, 4) is 5.75 Å². The molecule has 0 bridgehead atoms. The molecule has 31 heavy (non-hydrogen) atoms. The third-order valence-electron chi connectivity index (χ3n) is 5.66. The summed E-state index contributed by atoms with van der Waals surface area (Å²) < 4.78 is 26.5. The molecule has 0 aliphatic carbocycles. The van der Waals surface area contributed by atoms with E-state index in [9.17, 15) is 9.18 Å². The predicted molar refractivity (Wildman–Crippen MR) is 120 cm³/mol. The lowest BCUT2D eigenvalue weighted by Crippen LogP contribution is -2.39. The van der Waals surface area contributed by atoms with Gasteiger partial charge in [-0.05, 0) is 57.4 Å². The van der Waals surface area contributed by atoms with E-state index >= 15 is 0 Å². The van der Waals surface area contributed by atoms with Crippen molar-refractivity contribution in [2.75, 3.05) is 13.1 Å². The van der Waals surface area contributed by atoms with Crippen LogP contribution in [-0.4, -0.2) is 29.7 Å². The Morgan fingerprint density at radius 1 is 1.26 bits per heavy atom. The molecule has 4 nitrogen and oxygen atoms in total. The Kier molecular flexibility index (Phi) is 5.50. The first-order valence-corrected chi connectivity index (χ1v) is 10.9. The van der Waals surface area contributed by atoms with Gasteiger partial charge in [0.1, 0.15) is 22.8 Å². The molecule has 2 aromatic carbocycles. The fourth-order valence-electron chi connectivity index (χ4n) is 4.20. The van der Waals surface area contributed by atoms with E-state index in [-0.39, 0.29) is 11.9 Å². The minimum atomic E-state index is -0.801. The van der Waals surface area contributed by atoms with Gasteiger partial charge in [0.25, 0.3) is 0 Å². The highest BCUT2D eigenvalue weighted by atomic mass is 35.5. The number of carbonyl (C=O) groups excluding carboxylic acids is 1. The third-order valence-corrected chi connectivity index (χ3v) is 5.89. The van der Waals surface area contributed by atoms with Crippen LogP contribution in [0.4, 0.5) is 9.18 Å². The van der Waals surface area contributed by atoms with E-state index in [2.05, 4.69) is 0 Å². The molecule has 4 rings (SSSR count).